The van der Waals surface area contributed by atoms with Gasteiger partial charge in [0.05, 0.1) is 11.6 Å². The Morgan fingerprint density at radius 2 is 1.88 bits per heavy atom. The Bertz CT molecular complexity index is 699. The van der Waals surface area contributed by atoms with E-state index in [0.717, 1.165) is 42.9 Å². The van der Waals surface area contributed by atoms with E-state index in [1.54, 1.807) is 0 Å². The third kappa shape index (κ3) is 3.39. The molecule has 0 aliphatic carbocycles. The van der Waals surface area contributed by atoms with E-state index in [2.05, 4.69) is 53.3 Å². The minimum absolute atomic E-state index is 0.0570. The van der Waals surface area contributed by atoms with Crippen molar-refractivity contribution in [3.05, 3.63) is 58.9 Å². The van der Waals surface area contributed by atoms with E-state index in [0.29, 0.717) is 0 Å². The van der Waals surface area contributed by atoms with Gasteiger partial charge in [-0.15, -0.1) is 0 Å². The second-order valence-corrected chi connectivity index (χ2v) is 6.74. The number of piperidine rings is 1. The number of carbonyl (C=O) groups excluding carboxylic acids is 1. The van der Waals surface area contributed by atoms with Crippen LogP contribution in [0.25, 0.3) is 0 Å². The average Bonchev–Trinajstić information content (AvgIpc) is 2.90. The first-order valence-corrected chi connectivity index (χ1v) is 8.83. The van der Waals surface area contributed by atoms with Crippen molar-refractivity contribution in [3.63, 3.8) is 0 Å². The number of carbonyl (C=O) groups is 1. The number of nitrogens with zero attached hydrogens (tertiary/aromatic N) is 1. The molecule has 0 radical (unpaired) electrons. The fourth-order valence-corrected chi connectivity index (χ4v) is 3.71. The highest BCUT2D eigenvalue weighted by Crippen LogP contribution is 2.25. The number of aromatic nitrogens is 1. The van der Waals surface area contributed by atoms with Crippen molar-refractivity contribution < 1.29 is 4.79 Å². The van der Waals surface area contributed by atoms with Gasteiger partial charge in [-0.1, -0.05) is 30.3 Å². The number of hydrogen-bond donors (Lipinski definition) is 2. The second-order valence-electron chi connectivity index (χ2n) is 6.74. The molecule has 2 aromatic rings. The molecule has 1 saturated heterocycles. The average molecular weight is 325 g/mol. The van der Waals surface area contributed by atoms with E-state index in [-0.39, 0.29) is 18.0 Å². The molecular formula is C20H27N3O. The lowest BCUT2D eigenvalue weighted by atomic mass is 10.1. The number of aryl methyl sites for hydroxylation is 1. The van der Waals surface area contributed by atoms with Gasteiger partial charge in [0.2, 0.25) is 0 Å². The number of hydrogen-bond acceptors (Lipinski definition) is 2. The first-order valence-electron chi connectivity index (χ1n) is 8.83. The van der Waals surface area contributed by atoms with Crippen LogP contribution in [0.15, 0.2) is 36.4 Å². The van der Waals surface area contributed by atoms with Crippen molar-refractivity contribution in [3.8, 4) is 0 Å². The van der Waals surface area contributed by atoms with Gasteiger partial charge in [0.25, 0.3) is 5.91 Å². The molecule has 1 aliphatic heterocycles. The Hall–Kier alpha value is -2.07. The lowest BCUT2D eigenvalue weighted by Crippen LogP contribution is -2.42. The van der Waals surface area contributed by atoms with E-state index in [4.69, 9.17) is 0 Å². The molecule has 2 N–H and O–H groups in total. The Morgan fingerprint density at radius 3 is 2.54 bits per heavy atom. The molecule has 1 unspecified atom stereocenters. The summed E-state index contributed by atoms with van der Waals surface area (Å²) in [6, 6.07) is 12.9. The van der Waals surface area contributed by atoms with E-state index in [1.165, 1.54) is 5.56 Å². The first-order chi connectivity index (χ1) is 11.6. The minimum atomic E-state index is 0.0570. The highest BCUT2D eigenvalue weighted by Gasteiger charge is 2.22. The quantitative estimate of drug-likeness (QED) is 0.907. The van der Waals surface area contributed by atoms with Crippen LogP contribution in [0.3, 0.4) is 0 Å². The predicted molar refractivity (Wildman–Crippen MR) is 97.5 cm³/mol. The van der Waals surface area contributed by atoms with Crippen LogP contribution in [-0.2, 0) is 0 Å². The molecule has 1 aromatic carbocycles. The highest BCUT2D eigenvalue weighted by molar-refractivity contribution is 5.96. The normalized spacial score (nSPS) is 16.8. The van der Waals surface area contributed by atoms with Crippen molar-refractivity contribution >= 4 is 5.91 Å². The van der Waals surface area contributed by atoms with Gasteiger partial charge in [-0.05, 0) is 58.3 Å². The summed E-state index contributed by atoms with van der Waals surface area (Å²) in [5, 5.41) is 6.53. The monoisotopic (exact) mass is 325 g/mol. The second kappa shape index (κ2) is 7.22. The van der Waals surface area contributed by atoms with Crippen LogP contribution < -0.4 is 10.6 Å². The van der Waals surface area contributed by atoms with Crippen LogP contribution in [0.4, 0.5) is 0 Å². The number of rotatable bonds is 4. The zero-order chi connectivity index (χ0) is 17.1. The molecule has 1 amide bonds. The first kappa shape index (κ1) is 16.8. The molecule has 0 spiro atoms. The lowest BCUT2D eigenvalue weighted by molar-refractivity contribution is 0.0929. The van der Waals surface area contributed by atoms with Gasteiger partial charge in [-0.2, -0.15) is 0 Å². The standard InChI is InChI=1S/C20H27N3O/c1-14-13-19(20(24)22-18-9-11-21-12-10-18)16(3)23(14)15(2)17-7-5-4-6-8-17/h4-8,13,15,18,21H,9-12H2,1-3H3,(H,22,24). The third-order valence-corrected chi connectivity index (χ3v) is 5.07. The molecule has 1 aliphatic rings. The van der Waals surface area contributed by atoms with Gasteiger partial charge in [0.1, 0.15) is 0 Å². The molecule has 0 bridgehead atoms. The minimum Gasteiger partial charge on any atom is -0.349 e. The Kier molecular flexibility index (Phi) is 5.05. The maximum Gasteiger partial charge on any atom is 0.253 e. The summed E-state index contributed by atoms with van der Waals surface area (Å²) in [6.07, 6.45) is 2.01. The fraction of sp³-hybridized carbons (Fsp3) is 0.450. The van der Waals surface area contributed by atoms with Crippen LogP contribution in [-0.4, -0.2) is 29.6 Å². The number of benzene rings is 1. The van der Waals surface area contributed by atoms with E-state index < -0.39 is 0 Å². The van der Waals surface area contributed by atoms with Crippen LogP contribution in [0.2, 0.25) is 0 Å². The molecular weight excluding hydrogens is 298 g/mol. The molecule has 1 aromatic heterocycles. The summed E-state index contributed by atoms with van der Waals surface area (Å²) in [5.41, 5.74) is 4.22. The summed E-state index contributed by atoms with van der Waals surface area (Å²) < 4.78 is 2.26. The van der Waals surface area contributed by atoms with Gasteiger partial charge in [-0.25, -0.2) is 0 Å². The molecule has 1 atom stereocenters. The zero-order valence-corrected chi connectivity index (χ0v) is 14.8. The Morgan fingerprint density at radius 1 is 1.21 bits per heavy atom. The molecule has 0 saturated carbocycles. The predicted octanol–water partition coefficient (Wildman–Crippen LogP) is 3.20. The van der Waals surface area contributed by atoms with Gasteiger partial charge in [0, 0.05) is 17.4 Å². The molecule has 24 heavy (non-hydrogen) atoms. The molecule has 4 heteroatoms. The summed E-state index contributed by atoms with van der Waals surface area (Å²) in [6.45, 7) is 8.27. The highest BCUT2D eigenvalue weighted by atomic mass is 16.1. The van der Waals surface area contributed by atoms with Gasteiger partial charge in [-0.3, -0.25) is 4.79 Å². The van der Waals surface area contributed by atoms with Crippen LogP contribution in [0.1, 0.15) is 53.1 Å². The molecule has 4 nitrogen and oxygen atoms in total. The number of nitrogens with one attached hydrogen (secondary N) is 2. The zero-order valence-electron chi connectivity index (χ0n) is 14.8. The molecule has 2 heterocycles. The lowest BCUT2D eigenvalue weighted by Gasteiger charge is -2.24. The van der Waals surface area contributed by atoms with E-state index in [1.807, 2.05) is 19.1 Å². The maximum absolute atomic E-state index is 12.7. The van der Waals surface area contributed by atoms with Crippen molar-refractivity contribution in [1.29, 1.82) is 0 Å². The van der Waals surface area contributed by atoms with Gasteiger partial charge >= 0.3 is 0 Å². The van der Waals surface area contributed by atoms with Gasteiger partial charge < -0.3 is 15.2 Å². The topological polar surface area (TPSA) is 46.1 Å². The summed E-state index contributed by atoms with van der Waals surface area (Å²) in [7, 11) is 0. The van der Waals surface area contributed by atoms with Crippen molar-refractivity contribution in [2.24, 2.45) is 0 Å². The van der Waals surface area contributed by atoms with E-state index in [9.17, 15) is 4.79 Å². The summed E-state index contributed by atoms with van der Waals surface area (Å²) >= 11 is 0. The van der Waals surface area contributed by atoms with E-state index >= 15 is 0 Å². The molecule has 3 rings (SSSR count). The number of amides is 1. The Labute approximate surface area is 144 Å². The van der Waals surface area contributed by atoms with Crippen molar-refractivity contribution in [2.75, 3.05) is 13.1 Å². The molecule has 128 valence electrons. The smallest absolute Gasteiger partial charge is 0.253 e. The SMILES string of the molecule is Cc1cc(C(=O)NC2CCNCC2)c(C)n1C(C)c1ccccc1. The summed E-state index contributed by atoms with van der Waals surface area (Å²) in [4.78, 5) is 12.7. The Balaban J connectivity index is 1.82. The molecule has 1 fully saturated rings. The van der Waals surface area contributed by atoms with Crippen LogP contribution in [0, 0.1) is 13.8 Å². The maximum atomic E-state index is 12.7. The third-order valence-electron chi connectivity index (χ3n) is 5.07. The van der Waals surface area contributed by atoms with Crippen LogP contribution >= 0.6 is 0 Å². The largest absolute Gasteiger partial charge is 0.349 e. The van der Waals surface area contributed by atoms with Crippen LogP contribution in [0.5, 0.6) is 0 Å². The van der Waals surface area contributed by atoms with Gasteiger partial charge in [0.15, 0.2) is 0 Å². The van der Waals surface area contributed by atoms with Crippen molar-refractivity contribution in [2.45, 2.75) is 45.7 Å². The van der Waals surface area contributed by atoms with Crippen molar-refractivity contribution in [1.82, 2.24) is 15.2 Å². The summed E-state index contributed by atoms with van der Waals surface area (Å²) in [5.74, 6) is 0.0570. The fourth-order valence-electron chi connectivity index (χ4n) is 3.71.